The van der Waals surface area contributed by atoms with Crippen molar-refractivity contribution in [3.8, 4) is 17.2 Å². The summed E-state index contributed by atoms with van der Waals surface area (Å²) in [7, 11) is 4.85. The van der Waals surface area contributed by atoms with Gasteiger partial charge < -0.3 is 29.7 Å². The fraction of sp³-hybridized carbons (Fsp3) is 0.682. The third-order valence-corrected chi connectivity index (χ3v) is 5.15. The maximum absolute atomic E-state index is 5.43. The highest BCUT2D eigenvalue weighted by atomic mass is 16.5. The van der Waals surface area contributed by atoms with Crippen molar-refractivity contribution in [3.05, 3.63) is 17.7 Å². The minimum absolute atomic E-state index is 0.518. The van der Waals surface area contributed by atoms with Gasteiger partial charge in [0.1, 0.15) is 0 Å². The average molecular weight is 407 g/mol. The predicted octanol–water partition coefficient (Wildman–Crippen LogP) is 2.75. The molecule has 1 aromatic carbocycles. The SMILES string of the molecule is CCNC(=NCc1cc(OC)c(OC)c(OC)c1)NCCN1CC(C)CC(C)C1. The Morgan fingerprint density at radius 2 is 1.66 bits per heavy atom. The Morgan fingerprint density at radius 3 is 2.17 bits per heavy atom. The standard InChI is InChI=1S/C22H38N4O3/c1-7-23-22(24-8-9-26-14-16(2)10-17(3)15-26)25-13-18-11-19(27-4)21(29-6)20(12-18)28-5/h11-12,16-17H,7-10,13-15H2,1-6H3,(H2,23,24,25). The topological polar surface area (TPSA) is 67.4 Å². The van der Waals surface area contributed by atoms with E-state index in [0.717, 1.165) is 43.0 Å². The van der Waals surface area contributed by atoms with E-state index in [1.807, 2.05) is 12.1 Å². The molecule has 0 aliphatic carbocycles. The molecule has 164 valence electrons. The third kappa shape index (κ3) is 6.99. The number of nitrogens with zero attached hydrogens (tertiary/aromatic N) is 2. The zero-order chi connectivity index (χ0) is 21.2. The van der Waals surface area contributed by atoms with Gasteiger partial charge in [0.2, 0.25) is 5.75 Å². The van der Waals surface area contributed by atoms with Gasteiger partial charge in [-0.2, -0.15) is 0 Å². The van der Waals surface area contributed by atoms with Gasteiger partial charge in [-0.1, -0.05) is 13.8 Å². The quantitative estimate of drug-likeness (QED) is 0.486. The van der Waals surface area contributed by atoms with Crippen LogP contribution in [0.4, 0.5) is 0 Å². The minimum Gasteiger partial charge on any atom is -0.493 e. The van der Waals surface area contributed by atoms with Crippen LogP contribution < -0.4 is 24.8 Å². The summed E-state index contributed by atoms with van der Waals surface area (Å²) in [6.45, 7) is 12.4. The highest BCUT2D eigenvalue weighted by Crippen LogP contribution is 2.38. The van der Waals surface area contributed by atoms with Crippen molar-refractivity contribution in [1.29, 1.82) is 0 Å². The van der Waals surface area contributed by atoms with Crippen molar-refractivity contribution >= 4 is 5.96 Å². The van der Waals surface area contributed by atoms with E-state index in [1.165, 1.54) is 19.5 Å². The summed E-state index contributed by atoms with van der Waals surface area (Å²) >= 11 is 0. The zero-order valence-corrected chi connectivity index (χ0v) is 18.9. The molecule has 7 heteroatoms. The summed E-state index contributed by atoms with van der Waals surface area (Å²) in [6.07, 6.45) is 1.34. The molecule has 2 unspecified atom stereocenters. The number of ether oxygens (including phenoxy) is 3. The highest BCUT2D eigenvalue weighted by molar-refractivity contribution is 5.79. The van der Waals surface area contributed by atoms with Crippen LogP contribution in [0.2, 0.25) is 0 Å². The van der Waals surface area contributed by atoms with Crippen LogP contribution in [-0.2, 0) is 6.54 Å². The molecule has 1 aromatic rings. The number of piperidine rings is 1. The van der Waals surface area contributed by atoms with E-state index < -0.39 is 0 Å². The molecule has 2 rings (SSSR count). The number of benzene rings is 1. The molecule has 2 N–H and O–H groups in total. The van der Waals surface area contributed by atoms with Gasteiger partial charge in [-0.25, -0.2) is 4.99 Å². The molecule has 1 saturated heterocycles. The maximum atomic E-state index is 5.43. The summed E-state index contributed by atoms with van der Waals surface area (Å²) in [5.41, 5.74) is 0.996. The van der Waals surface area contributed by atoms with Crippen LogP contribution in [0.15, 0.2) is 17.1 Å². The number of nitrogens with one attached hydrogen (secondary N) is 2. The second kappa shape index (κ2) is 11.8. The fourth-order valence-electron chi connectivity index (χ4n) is 4.05. The van der Waals surface area contributed by atoms with Crippen molar-refractivity contribution in [2.75, 3.05) is 54.1 Å². The van der Waals surface area contributed by atoms with Crippen LogP contribution in [0.1, 0.15) is 32.8 Å². The summed E-state index contributed by atoms with van der Waals surface area (Å²) in [5.74, 6) is 4.25. The minimum atomic E-state index is 0.518. The Kier molecular flexibility index (Phi) is 9.38. The number of aliphatic imine (C=N–C) groups is 1. The van der Waals surface area contributed by atoms with E-state index in [1.54, 1.807) is 21.3 Å². The summed E-state index contributed by atoms with van der Waals surface area (Å²) in [6, 6.07) is 3.87. The second-order valence-corrected chi connectivity index (χ2v) is 7.86. The lowest BCUT2D eigenvalue weighted by Crippen LogP contribution is -2.45. The monoisotopic (exact) mass is 406 g/mol. The van der Waals surface area contributed by atoms with E-state index in [0.29, 0.717) is 23.8 Å². The summed E-state index contributed by atoms with van der Waals surface area (Å²) < 4.78 is 16.3. The van der Waals surface area contributed by atoms with Crippen molar-refractivity contribution in [2.24, 2.45) is 16.8 Å². The molecule has 0 amide bonds. The molecule has 2 atom stereocenters. The van der Waals surface area contributed by atoms with Crippen LogP contribution in [-0.4, -0.2) is 64.9 Å². The molecule has 29 heavy (non-hydrogen) atoms. The lowest BCUT2D eigenvalue weighted by Gasteiger charge is -2.35. The Bertz CT molecular complexity index is 630. The molecule has 1 fully saturated rings. The summed E-state index contributed by atoms with van der Waals surface area (Å²) in [5, 5.41) is 6.78. The Hall–Kier alpha value is -2.15. The third-order valence-electron chi connectivity index (χ3n) is 5.15. The molecule has 0 bridgehead atoms. The first kappa shape index (κ1) is 23.1. The molecule has 1 heterocycles. The lowest BCUT2D eigenvalue weighted by molar-refractivity contribution is 0.143. The van der Waals surface area contributed by atoms with Crippen molar-refractivity contribution in [2.45, 2.75) is 33.7 Å². The van der Waals surface area contributed by atoms with Gasteiger partial charge in [-0.05, 0) is 42.9 Å². The Morgan fingerprint density at radius 1 is 1.03 bits per heavy atom. The van der Waals surface area contributed by atoms with E-state index in [9.17, 15) is 0 Å². The lowest BCUT2D eigenvalue weighted by atomic mass is 9.92. The van der Waals surface area contributed by atoms with Gasteiger partial charge in [0, 0.05) is 32.7 Å². The van der Waals surface area contributed by atoms with Gasteiger partial charge in [-0.3, -0.25) is 0 Å². The molecule has 1 aliphatic heterocycles. The number of guanidine groups is 1. The molecule has 0 radical (unpaired) electrons. The largest absolute Gasteiger partial charge is 0.493 e. The normalized spacial score (nSPS) is 20.3. The predicted molar refractivity (Wildman–Crippen MR) is 118 cm³/mol. The van der Waals surface area contributed by atoms with Gasteiger partial charge in [0.05, 0.1) is 27.9 Å². The van der Waals surface area contributed by atoms with E-state index in [2.05, 4.69) is 36.3 Å². The summed E-state index contributed by atoms with van der Waals surface area (Å²) in [4.78, 5) is 7.28. The molecule has 0 spiro atoms. The molecule has 0 saturated carbocycles. The van der Waals surface area contributed by atoms with E-state index in [4.69, 9.17) is 19.2 Å². The maximum Gasteiger partial charge on any atom is 0.203 e. The van der Waals surface area contributed by atoms with Crippen LogP contribution >= 0.6 is 0 Å². The molecule has 1 aliphatic rings. The van der Waals surface area contributed by atoms with E-state index in [-0.39, 0.29) is 0 Å². The first-order valence-corrected chi connectivity index (χ1v) is 10.5. The zero-order valence-electron chi connectivity index (χ0n) is 18.9. The van der Waals surface area contributed by atoms with Gasteiger partial charge in [0.15, 0.2) is 17.5 Å². The van der Waals surface area contributed by atoms with Crippen molar-refractivity contribution < 1.29 is 14.2 Å². The first-order valence-electron chi connectivity index (χ1n) is 10.5. The van der Waals surface area contributed by atoms with Crippen LogP contribution in [0, 0.1) is 11.8 Å². The van der Waals surface area contributed by atoms with Crippen LogP contribution in [0.3, 0.4) is 0 Å². The molecule has 0 aromatic heterocycles. The fourth-order valence-corrected chi connectivity index (χ4v) is 4.05. The van der Waals surface area contributed by atoms with E-state index >= 15 is 0 Å². The number of likely N-dealkylation sites (tertiary alicyclic amines) is 1. The molecular formula is C22H38N4O3. The second-order valence-electron chi connectivity index (χ2n) is 7.86. The number of hydrogen-bond donors (Lipinski definition) is 2. The number of rotatable bonds is 9. The van der Waals surface area contributed by atoms with Gasteiger partial charge >= 0.3 is 0 Å². The van der Waals surface area contributed by atoms with Crippen molar-refractivity contribution in [1.82, 2.24) is 15.5 Å². The smallest absolute Gasteiger partial charge is 0.203 e. The molecule has 7 nitrogen and oxygen atoms in total. The van der Waals surface area contributed by atoms with Crippen LogP contribution in [0.25, 0.3) is 0 Å². The molecular weight excluding hydrogens is 368 g/mol. The highest BCUT2D eigenvalue weighted by Gasteiger charge is 2.21. The van der Waals surface area contributed by atoms with Gasteiger partial charge in [0.25, 0.3) is 0 Å². The number of hydrogen-bond acceptors (Lipinski definition) is 5. The number of methoxy groups -OCH3 is 3. The first-order chi connectivity index (χ1) is 14.0. The van der Waals surface area contributed by atoms with Crippen molar-refractivity contribution in [3.63, 3.8) is 0 Å². The Balaban J connectivity index is 1.98. The van der Waals surface area contributed by atoms with Crippen LogP contribution in [0.5, 0.6) is 17.2 Å². The average Bonchev–Trinajstić information content (AvgIpc) is 2.70. The Labute approximate surface area is 175 Å². The van der Waals surface area contributed by atoms with Gasteiger partial charge in [-0.15, -0.1) is 0 Å².